The zero-order valence-corrected chi connectivity index (χ0v) is 18.5. The van der Waals surface area contributed by atoms with Gasteiger partial charge in [-0.1, -0.05) is 29.8 Å². The number of carbonyl (C=O) groups excluding carboxylic acids is 2. The first kappa shape index (κ1) is 21.3. The van der Waals surface area contributed by atoms with Crippen molar-refractivity contribution in [2.24, 2.45) is 0 Å². The third-order valence-corrected chi connectivity index (χ3v) is 6.20. The van der Waals surface area contributed by atoms with Crippen LogP contribution in [-0.4, -0.2) is 17.7 Å². The van der Waals surface area contributed by atoms with Crippen molar-refractivity contribution in [3.8, 4) is 5.75 Å². The standard InChI is InChI=1S/C25H21ClFN3O3/c1-25-13-21(20-12-17(26)7-10-22(20)33-25)29-24(32)30(25)19-4-2-3-16(11-19)23(31)28-14-15-5-8-18(27)9-6-15/h2-12,21H,13-14H2,1H3,(H,28,31)(H,29,32)/t21-,25-/m1/s1. The predicted molar refractivity (Wildman–Crippen MR) is 123 cm³/mol. The lowest BCUT2D eigenvalue weighted by molar-refractivity contribution is 0.0378. The number of hydrogen-bond donors (Lipinski definition) is 2. The Bertz CT molecular complexity index is 1250. The summed E-state index contributed by atoms with van der Waals surface area (Å²) in [5.74, 6) is 0.0338. The number of fused-ring (bicyclic) bond motifs is 4. The third-order valence-electron chi connectivity index (χ3n) is 5.97. The van der Waals surface area contributed by atoms with Crippen LogP contribution in [0.2, 0.25) is 5.02 Å². The molecular formula is C25H21ClFN3O3. The van der Waals surface area contributed by atoms with Gasteiger partial charge in [-0.05, 0) is 61.0 Å². The van der Waals surface area contributed by atoms with Crippen molar-refractivity contribution in [1.82, 2.24) is 10.6 Å². The topological polar surface area (TPSA) is 70.7 Å². The maximum absolute atomic E-state index is 13.1. The summed E-state index contributed by atoms with van der Waals surface area (Å²) in [6.07, 6.45) is 0.521. The Morgan fingerprint density at radius 2 is 2.00 bits per heavy atom. The molecule has 168 valence electrons. The van der Waals surface area contributed by atoms with E-state index in [0.717, 1.165) is 11.1 Å². The maximum atomic E-state index is 13.1. The second kappa shape index (κ2) is 8.08. The van der Waals surface area contributed by atoms with Crippen LogP contribution in [0.25, 0.3) is 0 Å². The van der Waals surface area contributed by atoms with Crippen molar-refractivity contribution in [2.75, 3.05) is 4.90 Å². The molecule has 2 heterocycles. The van der Waals surface area contributed by atoms with E-state index >= 15 is 0 Å². The summed E-state index contributed by atoms with van der Waals surface area (Å²) in [6, 6.07) is 17.6. The molecule has 2 aliphatic heterocycles. The van der Waals surface area contributed by atoms with Gasteiger partial charge < -0.3 is 15.4 Å². The predicted octanol–water partition coefficient (Wildman–Crippen LogP) is 5.18. The fourth-order valence-corrected chi connectivity index (χ4v) is 4.59. The third kappa shape index (κ3) is 4.00. The molecule has 0 aliphatic carbocycles. The summed E-state index contributed by atoms with van der Waals surface area (Å²) in [4.78, 5) is 27.4. The molecule has 8 heteroatoms. The summed E-state index contributed by atoms with van der Waals surface area (Å²) in [5.41, 5.74) is 1.64. The molecule has 0 spiro atoms. The molecule has 3 aromatic carbocycles. The fourth-order valence-electron chi connectivity index (χ4n) is 4.41. The number of amides is 3. The van der Waals surface area contributed by atoms with Gasteiger partial charge in [0, 0.05) is 29.1 Å². The lowest BCUT2D eigenvalue weighted by atomic mass is 9.90. The van der Waals surface area contributed by atoms with E-state index in [1.165, 1.54) is 17.0 Å². The highest BCUT2D eigenvalue weighted by molar-refractivity contribution is 6.30. The van der Waals surface area contributed by atoms with Crippen LogP contribution in [0.5, 0.6) is 5.75 Å². The molecule has 2 bridgehead atoms. The second-order valence-corrected chi connectivity index (χ2v) is 8.80. The van der Waals surface area contributed by atoms with Gasteiger partial charge in [-0.3, -0.25) is 9.69 Å². The molecule has 33 heavy (non-hydrogen) atoms. The SMILES string of the molecule is C[C@@]12C[C@@H](NC(=O)N1c1cccc(C(=O)NCc3ccc(F)cc3)c1)c1cc(Cl)ccc1O2. The van der Waals surface area contributed by atoms with Gasteiger partial charge in [-0.15, -0.1) is 0 Å². The van der Waals surface area contributed by atoms with E-state index in [1.54, 1.807) is 48.5 Å². The van der Waals surface area contributed by atoms with E-state index < -0.39 is 5.72 Å². The maximum Gasteiger partial charge on any atom is 0.325 e. The number of anilines is 1. The number of benzene rings is 3. The van der Waals surface area contributed by atoms with Gasteiger partial charge >= 0.3 is 6.03 Å². The van der Waals surface area contributed by atoms with E-state index in [0.29, 0.717) is 28.4 Å². The van der Waals surface area contributed by atoms with Gasteiger partial charge in [0.15, 0.2) is 5.72 Å². The van der Waals surface area contributed by atoms with Crippen LogP contribution in [0.4, 0.5) is 14.9 Å². The smallest absolute Gasteiger partial charge is 0.325 e. The highest BCUT2D eigenvalue weighted by Crippen LogP contribution is 2.46. The van der Waals surface area contributed by atoms with Crippen molar-refractivity contribution < 1.29 is 18.7 Å². The van der Waals surface area contributed by atoms with E-state index in [2.05, 4.69) is 10.6 Å². The molecule has 1 fully saturated rings. The van der Waals surface area contributed by atoms with Crippen LogP contribution in [0.15, 0.2) is 66.7 Å². The van der Waals surface area contributed by atoms with E-state index in [1.807, 2.05) is 13.0 Å². The van der Waals surface area contributed by atoms with Crippen molar-refractivity contribution >= 4 is 29.2 Å². The molecule has 0 aromatic heterocycles. The van der Waals surface area contributed by atoms with Gasteiger partial charge in [-0.2, -0.15) is 0 Å². The summed E-state index contributed by atoms with van der Waals surface area (Å²) < 4.78 is 19.4. The number of halogens is 2. The minimum absolute atomic E-state index is 0.219. The Labute approximate surface area is 195 Å². The monoisotopic (exact) mass is 465 g/mol. The van der Waals surface area contributed by atoms with Crippen LogP contribution < -0.4 is 20.3 Å². The normalized spacial score (nSPS) is 21.0. The molecule has 3 aromatic rings. The van der Waals surface area contributed by atoms with Gasteiger partial charge in [0.2, 0.25) is 0 Å². The van der Waals surface area contributed by atoms with Crippen molar-refractivity contribution in [1.29, 1.82) is 0 Å². The average molecular weight is 466 g/mol. The Morgan fingerprint density at radius 3 is 2.79 bits per heavy atom. The quantitative estimate of drug-likeness (QED) is 0.557. The highest BCUT2D eigenvalue weighted by atomic mass is 35.5. The number of carbonyl (C=O) groups is 2. The van der Waals surface area contributed by atoms with Gasteiger partial charge in [-0.25, -0.2) is 9.18 Å². The highest BCUT2D eigenvalue weighted by Gasteiger charge is 2.49. The first-order chi connectivity index (χ1) is 15.8. The largest absolute Gasteiger partial charge is 0.467 e. The van der Waals surface area contributed by atoms with Gasteiger partial charge in [0.25, 0.3) is 5.91 Å². The first-order valence-electron chi connectivity index (χ1n) is 10.5. The van der Waals surface area contributed by atoms with Crippen molar-refractivity contribution in [2.45, 2.75) is 31.7 Å². The van der Waals surface area contributed by atoms with Crippen LogP contribution >= 0.6 is 11.6 Å². The van der Waals surface area contributed by atoms with Crippen LogP contribution in [-0.2, 0) is 6.54 Å². The zero-order chi connectivity index (χ0) is 23.2. The molecule has 0 radical (unpaired) electrons. The van der Waals surface area contributed by atoms with E-state index in [4.69, 9.17) is 16.3 Å². The molecule has 5 rings (SSSR count). The number of urea groups is 1. The molecule has 0 saturated carbocycles. The Balaban J connectivity index is 1.39. The molecule has 3 amide bonds. The zero-order valence-electron chi connectivity index (χ0n) is 17.8. The fraction of sp³-hybridized carbons (Fsp3) is 0.200. The number of nitrogens with zero attached hydrogens (tertiary/aromatic N) is 1. The van der Waals surface area contributed by atoms with Crippen molar-refractivity contribution in [3.05, 3.63) is 94.3 Å². The van der Waals surface area contributed by atoms with Crippen LogP contribution in [0, 0.1) is 5.82 Å². The molecule has 0 unspecified atom stereocenters. The molecule has 2 aliphatic rings. The Hall–Kier alpha value is -3.58. The Morgan fingerprint density at radius 1 is 1.21 bits per heavy atom. The molecule has 1 saturated heterocycles. The minimum atomic E-state index is -0.933. The summed E-state index contributed by atoms with van der Waals surface area (Å²) in [7, 11) is 0. The summed E-state index contributed by atoms with van der Waals surface area (Å²) in [5, 5.41) is 6.43. The number of hydrogen-bond acceptors (Lipinski definition) is 3. The van der Waals surface area contributed by atoms with Crippen LogP contribution in [0.3, 0.4) is 0 Å². The molecular weight excluding hydrogens is 445 g/mol. The summed E-state index contributed by atoms with van der Waals surface area (Å²) >= 11 is 6.13. The number of ether oxygens (including phenoxy) is 1. The van der Waals surface area contributed by atoms with E-state index in [-0.39, 0.29) is 30.3 Å². The average Bonchev–Trinajstić information content (AvgIpc) is 2.79. The Kier molecular flexibility index (Phi) is 5.21. The lowest BCUT2D eigenvalue weighted by Crippen LogP contribution is -2.65. The van der Waals surface area contributed by atoms with Gasteiger partial charge in [0.1, 0.15) is 11.6 Å². The number of nitrogens with one attached hydrogen (secondary N) is 2. The molecule has 6 nitrogen and oxygen atoms in total. The second-order valence-electron chi connectivity index (χ2n) is 8.36. The van der Waals surface area contributed by atoms with Gasteiger partial charge in [0.05, 0.1) is 11.7 Å². The summed E-state index contributed by atoms with van der Waals surface area (Å²) in [6.45, 7) is 2.12. The first-order valence-corrected chi connectivity index (χ1v) is 10.9. The van der Waals surface area contributed by atoms with Crippen LogP contribution in [0.1, 0.15) is 40.9 Å². The minimum Gasteiger partial charge on any atom is -0.467 e. The van der Waals surface area contributed by atoms with E-state index in [9.17, 15) is 14.0 Å². The molecule has 2 N–H and O–H groups in total. The molecule has 2 atom stereocenters. The lowest BCUT2D eigenvalue weighted by Gasteiger charge is -2.50. The van der Waals surface area contributed by atoms with Crippen molar-refractivity contribution in [3.63, 3.8) is 0 Å². The number of rotatable bonds is 4.